The number of unbranched alkanes of at least 4 members (excludes halogenated alkanes) is 22. The summed E-state index contributed by atoms with van der Waals surface area (Å²) in [7, 11) is 0. The topological polar surface area (TPSA) is 175 Å². The van der Waals surface area contributed by atoms with Crippen molar-refractivity contribution in [3.63, 3.8) is 0 Å². The molecule has 0 saturated carbocycles. The largest absolute Gasteiger partial charge is 0.479 e. The molecule has 0 aromatic heterocycles. The highest BCUT2D eigenvalue weighted by atomic mass is 16.7. The number of rotatable bonds is 52. The van der Waals surface area contributed by atoms with E-state index in [4.69, 9.17) is 23.7 Å². The molecule has 0 aliphatic carbocycles. The van der Waals surface area contributed by atoms with E-state index in [1.54, 1.807) is 0 Å². The average Bonchev–Trinajstić information content (AvgIpc) is 3.47. The number of hydrogen-bond acceptors (Lipinski definition) is 11. The van der Waals surface area contributed by atoms with E-state index < -0.39 is 67.3 Å². The summed E-state index contributed by atoms with van der Waals surface area (Å²) in [5.41, 5.74) is 0. The van der Waals surface area contributed by atoms with E-state index in [1.807, 2.05) is 0 Å². The molecule has 1 aliphatic heterocycles. The lowest BCUT2D eigenvalue weighted by Gasteiger charge is -2.40. The number of carbonyl (C=O) groups is 4. The fourth-order valence-electron chi connectivity index (χ4n) is 8.83. The van der Waals surface area contributed by atoms with Crippen molar-refractivity contribution < 1.29 is 58.2 Å². The molecule has 0 aromatic rings. The van der Waals surface area contributed by atoms with Gasteiger partial charge in [0.15, 0.2) is 24.6 Å². The Balaban J connectivity index is 2.69. The molecule has 12 heteroatoms. The Morgan fingerprint density at radius 3 is 1.25 bits per heavy atom. The van der Waals surface area contributed by atoms with Gasteiger partial charge in [-0.15, -0.1) is 0 Å². The highest BCUT2D eigenvalue weighted by Gasteiger charge is 2.50. The normalized spacial score (nSPS) is 18.5. The minimum atomic E-state index is -1.92. The second-order valence-corrected chi connectivity index (χ2v) is 20.9. The van der Waals surface area contributed by atoms with E-state index >= 15 is 0 Å². The number of aliphatic hydroxyl groups excluding tert-OH is 2. The molecule has 0 radical (unpaired) electrons. The first-order chi connectivity index (χ1) is 38.6. The lowest BCUT2D eigenvalue weighted by atomic mass is 9.98. The zero-order valence-electron chi connectivity index (χ0n) is 49.6. The number of esters is 3. The highest BCUT2D eigenvalue weighted by Crippen LogP contribution is 2.26. The lowest BCUT2D eigenvalue weighted by molar-refractivity contribution is -0.301. The molecule has 1 aliphatic rings. The van der Waals surface area contributed by atoms with E-state index in [0.29, 0.717) is 19.3 Å². The molecular weight excluding hydrogens is 997 g/mol. The fraction of sp³-hybridized carbons (Fsp3) is 0.701. The van der Waals surface area contributed by atoms with E-state index in [2.05, 4.69) is 118 Å². The molecule has 12 nitrogen and oxygen atoms in total. The number of ether oxygens (including phenoxy) is 5. The predicted octanol–water partition coefficient (Wildman–Crippen LogP) is 16.5. The van der Waals surface area contributed by atoms with Gasteiger partial charge in [0.2, 0.25) is 0 Å². The van der Waals surface area contributed by atoms with Gasteiger partial charge in [-0.25, -0.2) is 4.79 Å². The first-order valence-electron chi connectivity index (χ1n) is 31.2. The van der Waals surface area contributed by atoms with Crippen molar-refractivity contribution in [2.45, 2.75) is 289 Å². The number of aliphatic hydroxyl groups is 2. The van der Waals surface area contributed by atoms with Crippen LogP contribution in [0.2, 0.25) is 0 Å². The van der Waals surface area contributed by atoms with Crippen molar-refractivity contribution >= 4 is 23.9 Å². The molecule has 450 valence electrons. The smallest absolute Gasteiger partial charge is 0.335 e. The van der Waals surface area contributed by atoms with Gasteiger partial charge in [0.1, 0.15) is 18.8 Å². The summed E-state index contributed by atoms with van der Waals surface area (Å²) in [4.78, 5) is 51.2. The molecule has 6 atom stereocenters. The Bertz CT molecular complexity index is 1740. The maximum Gasteiger partial charge on any atom is 0.335 e. The molecular formula is C67H110O12. The van der Waals surface area contributed by atoms with Gasteiger partial charge in [-0.3, -0.25) is 14.4 Å². The summed E-state index contributed by atoms with van der Waals surface area (Å²) in [6.07, 6.45) is 59.3. The Kier molecular flexibility index (Phi) is 49.9. The standard InChI is InChI=1S/C67H110O12/c1-4-7-10-13-16-19-22-25-27-29-30-32-34-37-40-43-46-49-52-55-61(70)78-65-63(72)62(71)64(66(73)74)79-67(65)76-57-58(77-60(69)54-51-48-45-42-39-35-24-21-18-15-12-9-6-3)56-75-59(68)53-50-47-44-41-38-36-33-31-28-26-23-20-17-14-11-8-5-2/h8,11,16-17,19-21,24-28,30,32-33,36,58,62-65,67,71-72H,4-7,9-10,12-15,18,22-23,29,31,34-35,37-57H2,1-3H3,(H,73,74)/b11-8-,19-16-,20-17-,24-21-,27-25-,28-26-,32-30-,36-33-. The van der Waals surface area contributed by atoms with Crippen LogP contribution in [-0.4, -0.2) is 89.2 Å². The van der Waals surface area contributed by atoms with Gasteiger partial charge >= 0.3 is 23.9 Å². The van der Waals surface area contributed by atoms with Gasteiger partial charge in [-0.1, -0.05) is 208 Å². The molecule has 1 fully saturated rings. The molecule has 1 heterocycles. The molecule has 0 bridgehead atoms. The van der Waals surface area contributed by atoms with Gasteiger partial charge in [0, 0.05) is 19.3 Å². The summed E-state index contributed by atoms with van der Waals surface area (Å²) in [6.45, 7) is 5.81. The summed E-state index contributed by atoms with van der Waals surface area (Å²) in [5, 5.41) is 31.5. The Morgan fingerprint density at radius 1 is 0.430 bits per heavy atom. The second-order valence-electron chi connectivity index (χ2n) is 20.9. The monoisotopic (exact) mass is 1110 g/mol. The van der Waals surface area contributed by atoms with Crippen LogP contribution >= 0.6 is 0 Å². The van der Waals surface area contributed by atoms with E-state index in [9.17, 15) is 34.5 Å². The Morgan fingerprint density at radius 2 is 0.797 bits per heavy atom. The first kappa shape index (κ1) is 72.7. The number of carbonyl (C=O) groups excluding carboxylic acids is 3. The SMILES string of the molecule is CC/C=C\C/C=C\C/C=C\C/C=C\CCCCCCC(=O)OCC(COC1OC(C(=O)O)C(O)C(O)C1OC(=O)CCCCCCCC/C=C\C/C=C\C/C=C\CCCCC)OC(=O)CCCCCCC/C=C\CCCCCC. The van der Waals surface area contributed by atoms with Crippen molar-refractivity contribution in [2.75, 3.05) is 13.2 Å². The predicted molar refractivity (Wildman–Crippen MR) is 321 cm³/mol. The van der Waals surface area contributed by atoms with E-state index in [1.165, 1.54) is 44.9 Å². The zero-order chi connectivity index (χ0) is 57.5. The van der Waals surface area contributed by atoms with Crippen LogP contribution in [-0.2, 0) is 42.9 Å². The third-order valence-corrected chi connectivity index (χ3v) is 13.6. The van der Waals surface area contributed by atoms with Crippen LogP contribution in [0.15, 0.2) is 97.2 Å². The van der Waals surface area contributed by atoms with Crippen molar-refractivity contribution in [2.24, 2.45) is 0 Å². The second kappa shape index (κ2) is 54.2. The van der Waals surface area contributed by atoms with Gasteiger partial charge in [0.25, 0.3) is 0 Å². The molecule has 0 spiro atoms. The summed E-state index contributed by atoms with van der Waals surface area (Å²) >= 11 is 0. The number of carboxylic acid groups (broad SMARTS) is 1. The van der Waals surface area contributed by atoms with Crippen LogP contribution in [0.25, 0.3) is 0 Å². The van der Waals surface area contributed by atoms with Crippen LogP contribution in [0.1, 0.15) is 252 Å². The van der Waals surface area contributed by atoms with Gasteiger partial charge in [-0.2, -0.15) is 0 Å². The van der Waals surface area contributed by atoms with Crippen LogP contribution < -0.4 is 0 Å². The number of aliphatic carboxylic acids is 1. The third kappa shape index (κ3) is 44.0. The Hall–Kier alpha value is -4.36. The van der Waals surface area contributed by atoms with Crippen LogP contribution in [0.4, 0.5) is 0 Å². The fourth-order valence-corrected chi connectivity index (χ4v) is 8.83. The molecule has 1 saturated heterocycles. The van der Waals surface area contributed by atoms with Crippen molar-refractivity contribution in [3.05, 3.63) is 97.2 Å². The maximum absolute atomic E-state index is 13.2. The molecule has 3 N–H and O–H groups in total. The maximum atomic E-state index is 13.2. The third-order valence-electron chi connectivity index (χ3n) is 13.6. The van der Waals surface area contributed by atoms with Crippen LogP contribution in [0.3, 0.4) is 0 Å². The number of carboxylic acids is 1. The quantitative estimate of drug-likeness (QED) is 0.0228. The summed E-state index contributed by atoms with van der Waals surface area (Å²) < 4.78 is 28.4. The number of hydrogen-bond donors (Lipinski definition) is 3. The van der Waals surface area contributed by atoms with Crippen molar-refractivity contribution in [3.8, 4) is 0 Å². The number of allylic oxidation sites excluding steroid dienone is 16. The average molecular weight is 1110 g/mol. The van der Waals surface area contributed by atoms with Gasteiger partial charge < -0.3 is 39.0 Å². The van der Waals surface area contributed by atoms with E-state index in [0.717, 1.165) is 148 Å². The van der Waals surface area contributed by atoms with Crippen molar-refractivity contribution in [1.82, 2.24) is 0 Å². The van der Waals surface area contributed by atoms with Crippen molar-refractivity contribution in [1.29, 1.82) is 0 Å². The Labute approximate surface area is 479 Å². The summed E-state index contributed by atoms with van der Waals surface area (Å²) in [6, 6.07) is 0. The highest BCUT2D eigenvalue weighted by molar-refractivity contribution is 5.74. The van der Waals surface area contributed by atoms with E-state index in [-0.39, 0.29) is 25.9 Å². The van der Waals surface area contributed by atoms with Gasteiger partial charge in [-0.05, 0) is 122 Å². The first-order valence-corrected chi connectivity index (χ1v) is 31.2. The lowest BCUT2D eigenvalue weighted by Crippen LogP contribution is -2.61. The van der Waals surface area contributed by atoms with Crippen LogP contribution in [0, 0.1) is 0 Å². The molecule has 0 aromatic carbocycles. The molecule has 0 amide bonds. The minimum absolute atomic E-state index is 0.0387. The zero-order valence-corrected chi connectivity index (χ0v) is 49.6. The minimum Gasteiger partial charge on any atom is -0.479 e. The molecule has 6 unspecified atom stereocenters. The molecule has 1 rings (SSSR count). The summed E-state index contributed by atoms with van der Waals surface area (Å²) in [5.74, 6) is -3.18. The molecule has 79 heavy (non-hydrogen) atoms. The van der Waals surface area contributed by atoms with Crippen LogP contribution in [0.5, 0.6) is 0 Å². The van der Waals surface area contributed by atoms with Gasteiger partial charge in [0.05, 0.1) is 6.61 Å².